The Balaban J connectivity index is 0.000000187. The number of rotatable bonds is 9. The van der Waals surface area contributed by atoms with Crippen LogP contribution in [0.3, 0.4) is 0 Å². The summed E-state index contributed by atoms with van der Waals surface area (Å²) >= 11 is 18.7. The van der Waals surface area contributed by atoms with Crippen LogP contribution in [0.15, 0.2) is 73.1 Å². The number of nitrogens with zero attached hydrogens (tertiary/aromatic N) is 11. The van der Waals surface area contributed by atoms with E-state index in [1.54, 1.807) is 82.5 Å². The van der Waals surface area contributed by atoms with Crippen molar-refractivity contribution in [3.8, 4) is 0 Å². The van der Waals surface area contributed by atoms with E-state index in [4.69, 9.17) is 34.8 Å². The van der Waals surface area contributed by atoms with Gasteiger partial charge in [-0.25, -0.2) is 19.3 Å². The van der Waals surface area contributed by atoms with Crippen molar-refractivity contribution >= 4 is 62.3 Å². The van der Waals surface area contributed by atoms with Gasteiger partial charge in [0.25, 0.3) is 0 Å². The molecule has 1 saturated heterocycles. The summed E-state index contributed by atoms with van der Waals surface area (Å²) in [6, 6.07) is 16.8. The second-order valence-corrected chi connectivity index (χ2v) is 18.0. The van der Waals surface area contributed by atoms with Crippen LogP contribution in [0.1, 0.15) is 74.0 Å². The Morgan fingerprint density at radius 1 is 0.580 bits per heavy atom. The number of benzene rings is 2. The zero-order chi connectivity index (χ0) is 50.0. The molecule has 2 N–H and O–H groups in total. The van der Waals surface area contributed by atoms with Gasteiger partial charge in [-0.1, -0.05) is 69.5 Å². The standard InChI is InChI=1S/C25H24ClF3N6O.C22H18Cl2F3N5O/c1-14-5-7-19(15(2)31-14)25(36,21-13-30-33-34(21)3)16-6-8-20-17(11-16)22(35-9-4-10-35)18(23(26)32-20)12-24(27,28)29;1-11-4-6-16(12(2)29-11)22(33,18-10-28-31-32(18)3)13-5-7-17-14(8-13)19(23)15(20(24)30-17)9-21(25,26)27/h5-8,11,13,36H,4,9-10,12H2,1-3H3;4-8,10,33H,9H2,1-3H3. The molecule has 22 heteroatoms. The van der Waals surface area contributed by atoms with Gasteiger partial charge >= 0.3 is 12.4 Å². The van der Waals surface area contributed by atoms with Crippen LogP contribution in [-0.2, 0) is 38.1 Å². The van der Waals surface area contributed by atoms with Crippen molar-refractivity contribution in [1.29, 1.82) is 0 Å². The van der Waals surface area contributed by atoms with Crippen LogP contribution in [0, 0.1) is 27.7 Å². The van der Waals surface area contributed by atoms with E-state index in [1.165, 1.54) is 27.8 Å². The summed E-state index contributed by atoms with van der Waals surface area (Å²) in [5.74, 6) is 0. The molecule has 360 valence electrons. The molecule has 0 aliphatic carbocycles. The zero-order valence-corrected chi connectivity index (χ0v) is 39.9. The zero-order valence-electron chi connectivity index (χ0n) is 37.7. The molecule has 69 heavy (non-hydrogen) atoms. The molecule has 2 atom stereocenters. The smallest absolute Gasteiger partial charge is 0.374 e. The van der Waals surface area contributed by atoms with Crippen LogP contribution in [0.25, 0.3) is 21.8 Å². The van der Waals surface area contributed by atoms with Crippen molar-refractivity contribution in [2.24, 2.45) is 14.1 Å². The van der Waals surface area contributed by atoms with Gasteiger partial charge in [-0.05, 0) is 81.6 Å². The molecule has 0 saturated carbocycles. The van der Waals surface area contributed by atoms with Crippen molar-refractivity contribution < 1.29 is 36.6 Å². The molecule has 13 nitrogen and oxygen atoms in total. The molecular weight excluding hydrogens is 971 g/mol. The Bertz CT molecular complexity index is 3270. The fraction of sp³-hybridized carbons (Fsp3) is 0.319. The van der Waals surface area contributed by atoms with Gasteiger partial charge in [0.1, 0.15) is 10.3 Å². The average Bonchev–Trinajstić information content (AvgIpc) is 3.89. The first-order chi connectivity index (χ1) is 32.4. The van der Waals surface area contributed by atoms with E-state index in [0.29, 0.717) is 80.2 Å². The summed E-state index contributed by atoms with van der Waals surface area (Å²) in [6.45, 7) is 8.46. The molecule has 8 aromatic rings. The maximum atomic E-state index is 13.5. The third-order valence-corrected chi connectivity index (χ3v) is 13.2. The van der Waals surface area contributed by atoms with Gasteiger partial charge in [0.2, 0.25) is 0 Å². The maximum absolute atomic E-state index is 13.5. The largest absolute Gasteiger partial charge is 0.393 e. The van der Waals surface area contributed by atoms with E-state index in [0.717, 1.165) is 17.8 Å². The van der Waals surface area contributed by atoms with Gasteiger partial charge in [-0.3, -0.25) is 9.97 Å². The molecular formula is C47H42Cl3F6N11O2. The number of halogens is 9. The fourth-order valence-corrected chi connectivity index (χ4v) is 9.66. The van der Waals surface area contributed by atoms with Crippen LogP contribution in [0.5, 0.6) is 0 Å². The van der Waals surface area contributed by atoms with Crippen LogP contribution in [-0.4, -0.2) is 85.6 Å². The number of anilines is 1. The number of aromatic nitrogens is 10. The van der Waals surface area contributed by atoms with E-state index in [1.807, 2.05) is 18.7 Å². The lowest BCUT2D eigenvalue weighted by molar-refractivity contribution is -0.128. The average molecular weight is 1010 g/mol. The first-order valence-electron chi connectivity index (χ1n) is 21.2. The van der Waals surface area contributed by atoms with Crippen molar-refractivity contribution in [3.63, 3.8) is 0 Å². The molecule has 0 spiro atoms. The monoisotopic (exact) mass is 1010 g/mol. The first-order valence-corrected chi connectivity index (χ1v) is 22.4. The minimum Gasteiger partial charge on any atom is -0.374 e. The summed E-state index contributed by atoms with van der Waals surface area (Å²) in [4.78, 5) is 19.2. The van der Waals surface area contributed by atoms with Gasteiger partial charge < -0.3 is 15.1 Å². The second kappa shape index (κ2) is 18.4. The fourth-order valence-electron chi connectivity index (χ4n) is 8.81. The Morgan fingerprint density at radius 2 is 1.01 bits per heavy atom. The summed E-state index contributed by atoms with van der Waals surface area (Å²) in [7, 11) is 3.29. The van der Waals surface area contributed by atoms with Crippen LogP contribution in [0.4, 0.5) is 32.0 Å². The highest BCUT2D eigenvalue weighted by Gasteiger charge is 2.42. The summed E-state index contributed by atoms with van der Waals surface area (Å²) < 4.78 is 82.7. The molecule has 1 aliphatic rings. The number of pyridine rings is 4. The van der Waals surface area contributed by atoms with E-state index in [2.05, 4.69) is 40.6 Å². The second-order valence-electron chi connectivity index (χ2n) is 16.9. The highest BCUT2D eigenvalue weighted by Crippen LogP contribution is 2.45. The first kappa shape index (κ1) is 49.4. The van der Waals surface area contributed by atoms with E-state index in [-0.39, 0.29) is 31.8 Å². The minimum atomic E-state index is -4.52. The molecule has 7 heterocycles. The third-order valence-electron chi connectivity index (χ3n) is 12.1. The minimum absolute atomic E-state index is 0.0626. The third kappa shape index (κ3) is 9.41. The number of hydrogen-bond donors (Lipinski definition) is 2. The molecule has 0 bridgehead atoms. The van der Waals surface area contributed by atoms with Gasteiger partial charge in [-0.15, -0.1) is 10.2 Å². The van der Waals surface area contributed by atoms with Gasteiger partial charge in [0.05, 0.1) is 58.4 Å². The molecule has 0 radical (unpaired) electrons. The van der Waals surface area contributed by atoms with Crippen molar-refractivity contribution in [2.75, 3.05) is 18.0 Å². The lowest BCUT2D eigenvalue weighted by Crippen LogP contribution is -2.38. The predicted molar refractivity (Wildman–Crippen MR) is 248 cm³/mol. The number of fused-ring (bicyclic) bond motifs is 2. The molecule has 1 fully saturated rings. The normalized spacial score (nSPS) is 14.9. The molecule has 1 aliphatic heterocycles. The predicted octanol–water partition coefficient (Wildman–Crippen LogP) is 9.70. The van der Waals surface area contributed by atoms with Crippen molar-refractivity contribution in [1.82, 2.24) is 49.9 Å². The van der Waals surface area contributed by atoms with Crippen molar-refractivity contribution in [2.45, 2.75) is 70.5 Å². The van der Waals surface area contributed by atoms with Crippen LogP contribution >= 0.6 is 34.8 Å². The molecule has 2 aromatic carbocycles. The molecule has 9 rings (SSSR count). The molecule has 2 unspecified atom stereocenters. The van der Waals surface area contributed by atoms with Gasteiger partial charge in [0.15, 0.2) is 11.2 Å². The lowest BCUT2D eigenvalue weighted by Gasteiger charge is -2.36. The summed E-state index contributed by atoms with van der Waals surface area (Å²) in [5, 5.41) is 40.3. The quantitative estimate of drug-likeness (QED) is 0.105. The van der Waals surface area contributed by atoms with Gasteiger partial charge in [0, 0.05) is 83.0 Å². The molecule has 6 aromatic heterocycles. The Hall–Kier alpha value is -5.99. The summed E-state index contributed by atoms with van der Waals surface area (Å²) in [5.41, 5.74) is 2.44. The van der Waals surface area contributed by atoms with E-state index < -0.39 is 36.4 Å². The van der Waals surface area contributed by atoms with Crippen molar-refractivity contribution in [3.05, 3.63) is 156 Å². The Kier molecular flexibility index (Phi) is 13.2. The van der Waals surface area contributed by atoms with Gasteiger partial charge in [-0.2, -0.15) is 26.3 Å². The lowest BCUT2D eigenvalue weighted by atomic mass is 9.82. The Morgan fingerprint density at radius 3 is 1.42 bits per heavy atom. The number of alkyl halides is 6. The SMILES string of the molecule is Cc1ccc(C(O)(c2ccc3nc(Cl)c(CC(F)(F)F)c(Cl)c3c2)c2cnnn2C)c(C)n1.Cc1ccc(C(O)(c2ccc3nc(Cl)c(CC(F)(F)F)c(N4CCC4)c3c2)c2cnnn2C)c(C)n1. The summed E-state index contributed by atoms with van der Waals surface area (Å²) in [6.07, 6.45) is -7.74. The van der Waals surface area contributed by atoms with E-state index in [9.17, 15) is 36.6 Å². The highest BCUT2D eigenvalue weighted by atomic mass is 35.5. The molecule has 0 amide bonds. The van der Waals surface area contributed by atoms with E-state index >= 15 is 0 Å². The maximum Gasteiger partial charge on any atom is 0.393 e. The topological polar surface area (TPSA) is 157 Å². The number of aliphatic hydroxyl groups is 2. The van der Waals surface area contributed by atoms with Crippen LogP contribution in [0.2, 0.25) is 15.3 Å². The number of aryl methyl sites for hydroxylation is 6. The number of hydrogen-bond acceptors (Lipinski definition) is 11. The highest BCUT2D eigenvalue weighted by molar-refractivity contribution is 6.39. The Labute approximate surface area is 405 Å². The van der Waals surface area contributed by atoms with Crippen LogP contribution < -0.4 is 4.90 Å².